The predicted molar refractivity (Wildman–Crippen MR) is 103 cm³/mol. The van der Waals surface area contributed by atoms with Crippen LogP contribution in [0.4, 0.5) is 4.79 Å². The van der Waals surface area contributed by atoms with E-state index in [9.17, 15) is 24.0 Å². The lowest BCUT2D eigenvalue weighted by Gasteiger charge is -2.14. The number of carbonyl (C=O) groups is 5. The molecule has 0 fully saturated rings. The molecule has 2 rings (SSSR count). The maximum atomic E-state index is 12.5. The number of esters is 1. The SMILES string of the molecule is C=CCNC(=O)NC(=O)COC(=O)c1ccc2c(c1)C(=O)N(CCC(C)C)C2=O. The highest BCUT2D eigenvalue weighted by molar-refractivity contribution is 6.22. The average Bonchev–Trinajstić information content (AvgIpc) is 2.92. The zero-order chi connectivity index (χ0) is 21.6. The Morgan fingerprint density at radius 3 is 2.52 bits per heavy atom. The summed E-state index contributed by atoms with van der Waals surface area (Å²) in [5, 5.41) is 4.32. The summed E-state index contributed by atoms with van der Waals surface area (Å²) >= 11 is 0. The summed E-state index contributed by atoms with van der Waals surface area (Å²) in [5.74, 6) is -2.19. The lowest BCUT2D eigenvalue weighted by molar-refractivity contribution is -0.123. The van der Waals surface area contributed by atoms with E-state index in [-0.39, 0.29) is 23.2 Å². The van der Waals surface area contributed by atoms with Gasteiger partial charge in [-0.3, -0.25) is 24.6 Å². The number of imide groups is 2. The molecule has 1 aliphatic rings. The summed E-state index contributed by atoms with van der Waals surface area (Å²) in [4.78, 5) is 61.2. The van der Waals surface area contributed by atoms with Gasteiger partial charge in [0, 0.05) is 13.1 Å². The van der Waals surface area contributed by atoms with Crippen molar-refractivity contribution in [1.29, 1.82) is 0 Å². The zero-order valence-corrected chi connectivity index (χ0v) is 16.3. The van der Waals surface area contributed by atoms with Gasteiger partial charge in [0.25, 0.3) is 17.7 Å². The van der Waals surface area contributed by atoms with Crippen molar-refractivity contribution in [3.8, 4) is 0 Å². The van der Waals surface area contributed by atoms with Gasteiger partial charge in [0.15, 0.2) is 6.61 Å². The van der Waals surface area contributed by atoms with Crippen LogP contribution < -0.4 is 10.6 Å². The van der Waals surface area contributed by atoms with Crippen LogP contribution in [-0.4, -0.2) is 54.3 Å². The number of urea groups is 1. The molecule has 0 spiro atoms. The number of amides is 5. The van der Waals surface area contributed by atoms with E-state index in [0.717, 1.165) is 4.90 Å². The molecule has 0 saturated heterocycles. The first kappa shape index (κ1) is 21.8. The molecule has 9 nitrogen and oxygen atoms in total. The number of hydrogen-bond acceptors (Lipinski definition) is 6. The van der Waals surface area contributed by atoms with Crippen LogP contribution in [0.25, 0.3) is 0 Å². The van der Waals surface area contributed by atoms with Crippen molar-refractivity contribution in [1.82, 2.24) is 15.5 Å². The van der Waals surface area contributed by atoms with Gasteiger partial charge < -0.3 is 10.1 Å². The van der Waals surface area contributed by atoms with Crippen molar-refractivity contribution in [2.75, 3.05) is 19.7 Å². The first-order valence-electron chi connectivity index (χ1n) is 9.10. The normalized spacial score (nSPS) is 12.6. The number of hydrogen-bond donors (Lipinski definition) is 2. The smallest absolute Gasteiger partial charge is 0.338 e. The number of carbonyl (C=O) groups excluding carboxylic acids is 5. The Kier molecular flexibility index (Phi) is 7.24. The molecule has 1 aromatic carbocycles. The fraction of sp³-hybridized carbons (Fsp3) is 0.350. The van der Waals surface area contributed by atoms with Crippen LogP contribution in [-0.2, 0) is 9.53 Å². The van der Waals surface area contributed by atoms with E-state index < -0.39 is 36.3 Å². The lowest BCUT2D eigenvalue weighted by Crippen LogP contribution is -2.41. The molecule has 1 aromatic rings. The number of rotatable bonds is 8. The van der Waals surface area contributed by atoms with Crippen LogP contribution >= 0.6 is 0 Å². The standard InChI is InChI=1S/C20H23N3O6/c1-4-8-21-20(28)22-16(24)11-29-19(27)13-5-6-14-15(10-13)18(26)23(17(14)25)9-7-12(2)3/h4-6,10,12H,1,7-9,11H2,2-3H3,(H2,21,22,24,28). The molecule has 154 valence electrons. The van der Waals surface area contributed by atoms with E-state index >= 15 is 0 Å². The second-order valence-electron chi connectivity index (χ2n) is 6.83. The minimum atomic E-state index is -0.852. The van der Waals surface area contributed by atoms with Crippen molar-refractivity contribution in [2.24, 2.45) is 5.92 Å². The number of nitrogens with one attached hydrogen (secondary N) is 2. The summed E-state index contributed by atoms with van der Waals surface area (Å²) in [6.07, 6.45) is 2.11. The summed E-state index contributed by atoms with van der Waals surface area (Å²) in [7, 11) is 0. The van der Waals surface area contributed by atoms with Crippen molar-refractivity contribution in [2.45, 2.75) is 20.3 Å². The maximum Gasteiger partial charge on any atom is 0.338 e. The van der Waals surface area contributed by atoms with Gasteiger partial charge in [-0.2, -0.15) is 0 Å². The second kappa shape index (κ2) is 9.63. The number of fused-ring (bicyclic) bond motifs is 1. The fourth-order valence-electron chi connectivity index (χ4n) is 2.59. The zero-order valence-electron chi connectivity index (χ0n) is 16.3. The highest BCUT2D eigenvalue weighted by Crippen LogP contribution is 2.25. The molecule has 2 N–H and O–H groups in total. The first-order valence-corrected chi connectivity index (χ1v) is 9.10. The Bertz CT molecular complexity index is 862. The van der Waals surface area contributed by atoms with E-state index in [0.29, 0.717) is 18.9 Å². The molecule has 1 aliphatic heterocycles. The lowest BCUT2D eigenvalue weighted by atomic mass is 10.1. The van der Waals surface area contributed by atoms with Gasteiger partial charge in [0.1, 0.15) is 0 Å². The van der Waals surface area contributed by atoms with Crippen molar-refractivity contribution < 1.29 is 28.7 Å². The quantitative estimate of drug-likeness (QED) is 0.387. The monoisotopic (exact) mass is 401 g/mol. The Morgan fingerprint density at radius 1 is 1.17 bits per heavy atom. The van der Waals surface area contributed by atoms with Gasteiger partial charge in [0.2, 0.25) is 0 Å². The summed E-state index contributed by atoms with van der Waals surface area (Å²) in [5.41, 5.74) is 0.382. The van der Waals surface area contributed by atoms with Crippen LogP contribution in [0.15, 0.2) is 30.9 Å². The molecule has 0 radical (unpaired) electrons. The molecule has 0 unspecified atom stereocenters. The topological polar surface area (TPSA) is 122 Å². The Balaban J connectivity index is 1.98. The van der Waals surface area contributed by atoms with Gasteiger partial charge in [-0.05, 0) is 30.5 Å². The van der Waals surface area contributed by atoms with E-state index in [4.69, 9.17) is 4.74 Å². The average molecular weight is 401 g/mol. The van der Waals surface area contributed by atoms with Gasteiger partial charge in [-0.1, -0.05) is 19.9 Å². The van der Waals surface area contributed by atoms with Gasteiger partial charge in [-0.25, -0.2) is 9.59 Å². The first-order chi connectivity index (χ1) is 13.7. The molecule has 0 aromatic heterocycles. The largest absolute Gasteiger partial charge is 0.452 e. The van der Waals surface area contributed by atoms with Gasteiger partial charge in [-0.15, -0.1) is 6.58 Å². The van der Waals surface area contributed by atoms with E-state index in [2.05, 4.69) is 11.9 Å². The third-order valence-corrected chi connectivity index (χ3v) is 4.13. The van der Waals surface area contributed by atoms with Gasteiger partial charge >= 0.3 is 12.0 Å². The number of nitrogens with zero attached hydrogens (tertiary/aromatic N) is 1. The number of ether oxygens (including phenoxy) is 1. The third kappa shape index (κ3) is 5.50. The highest BCUT2D eigenvalue weighted by atomic mass is 16.5. The molecule has 5 amide bonds. The molecular formula is C20H23N3O6. The minimum absolute atomic E-state index is 0.0273. The molecule has 0 atom stereocenters. The Morgan fingerprint density at radius 2 is 1.86 bits per heavy atom. The van der Waals surface area contributed by atoms with Crippen molar-refractivity contribution in [3.05, 3.63) is 47.5 Å². The summed E-state index contributed by atoms with van der Waals surface area (Å²) in [6.45, 7) is 7.20. The molecule has 1 heterocycles. The summed E-state index contributed by atoms with van der Waals surface area (Å²) in [6, 6.07) is 3.29. The van der Waals surface area contributed by atoms with Gasteiger partial charge in [0.05, 0.1) is 16.7 Å². The van der Waals surface area contributed by atoms with Crippen molar-refractivity contribution in [3.63, 3.8) is 0 Å². The van der Waals surface area contributed by atoms with E-state index in [1.54, 1.807) is 0 Å². The predicted octanol–water partition coefficient (Wildman–Crippen LogP) is 1.50. The fourth-order valence-corrected chi connectivity index (χ4v) is 2.59. The van der Waals surface area contributed by atoms with Crippen LogP contribution in [0.5, 0.6) is 0 Å². The summed E-state index contributed by atoms with van der Waals surface area (Å²) < 4.78 is 4.86. The van der Waals surface area contributed by atoms with E-state index in [1.165, 1.54) is 24.3 Å². The van der Waals surface area contributed by atoms with Crippen LogP contribution in [0.1, 0.15) is 51.3 Å². The molecular weight excluding hydrogens is 378 g/mol. The third-order valence-electron chi connectivity index (χ3n) is 4.13. The number of benzene rings is 1. The van der Waals surface area contributed by atoms with Crippen molar-refractivity contribution >= 4 is 29.7 Å². The van der Waals surface area contributed by atoms with Crippen LogP contribution in [0.3, 0.4) is 0 Å². The van der Waals surface area contributed by atoms with Crippen LogP contribution in [0.2, 0.25) is 0 Å². The van der Waals surface area contributed by atoms with E-state index in [1.807, 2.05) is 19.2 Å². The second-order valence-corrected chi connectivity index (χ2v) is 6.83. The molecule has 29 heavy (non-hydrogen) atoms. The minimum Gasteiger partial charge on any atom is -0.452 e. The van der Waals surface area contributed by atoms with Crippen LogP contribution in [0, 0.1) is 5.92 Å². The highest BCUT2D eigenvalue weighted by Gasteiger charge is 2.35. The maximum absolute atomic E-state index is 12.5. The Hall–Kier alpha value is -3.49. The molecule has 0 bridgehead atoms. The molecule has 9 heteroatoms. The molecule has 0 aliphatic carbocycles. The Labute approximate surface area is 168 Å². The molecule has 0 saturated carbocycles.